The minimum Gasteiger partial charge on any atom is -0.481 e. The van der Waals surface area contributed by atoms with Crippen molar-refractivity contribution in [1.82, 2.24) is 0 Å². The van der Waals surface area contributed by atoms with Crippen LogP contribution in [0.15, 0.2) is 0 Å². The third-order valence-electron chi connectivity index (χ3n) is 11.6. The number of aliphatic hydroxyl groups excluding tert-OH is 2. The molecule has 1 heterocycles. The van der Waals surface area contributed by atoms with E-state index in [0.717, 1.165) is 51.4 Å². The Morgan fingerprint density at radius 1 is 1.00 bits per heavy atom. The molecular formula is C27H45NO7. The fourth-order valence-corrected chi connectivity index (χ4v) is 9.39. The highest BCUT2D eigenvalue weighted by Gasteiger charge is 2.67. The van der Waals surface area contributed by atoms with E-state index in [-0.39, 0.29) is 22.9 Å². The molecular weight excluding hydrogens is 450 g/mol. The second-order valence-electron chi connectivity index (χ2n) is 12.8. The van der Waals surface area contributed by atoms with Gasteiger partial charge in [0.1, 0.15) is 18.3 Å². The Labute approximate surface area is 208 Å². The number of carboxylic acid groups (broad SMARTS) is 1. The molecule has 4 saturated carbocycles. The molecule has 1 aliphatic heterocycles. The minimum absolute atomic E-state index is 0.00668. The maximum Gasteiger partial charge on any atom is 0.307 e. The quantitative estimate of drug-likeness (QED) is 0.438. The molecule has 5 aliphatic rings. The van der Waals surface area contributed by atoms with Crippen molar-refractivity contribution in [2.45, 2.75) is 121 Å². The van der Waals surface area contributed by atoms with Crippen molar-refractivity contribution in [2.75, 3.05) is 7.11 Å². The van der Waals surface area contributed by atoms with Crippen LogP contribution in [0.3, 0.4) is 0 Å². The molecule has 5 rings (SSSR count). The molecule has 5 fully saturated rings. The van der Waals surface area contributed by atoms with Gasteiger partial charge < -0.3 is 35.3 Å². The van der Waals surface area contributed by atoms with Gasteiger partial charge in [-0.25, -0.2) is 0 Å². The zero-order valence-corrected chi connectivity index (χ0v) is 21.7. The predicted octanol–water partition coefficient (Wildman–Crippen LogP) is 2.68. The molecule has 0 unspecified atom stereocenters. The maximum absolute atomic E-state index is 12.0. The molecule has 0 aromatic rings. The largest absolute Gasteiger partial charge is 0.481 e. The summed E-state index contributed by atoms with van der Waals surface area (Å²) in [6, 6.07) is 0. The number of fused-ring (bicyclic) bond motifs is 5. The highest BCUT2D eigenvalue weighted by molar-refractivity contribution is 5.72. The van der Waals surface area contributed by atoms with Crippen LogP contribution in [-0.4, -0.2) is 70.7 Å². The van der Waals surface area contributed by atoms with Crippen LogP contribution in [0.5, 0.6) is 0 Å². The van der Waals surface area contributed by atoms with Crippen molar-refractivity contribution >= 4 is 5.97 Å². The van der Waals surface area contributed by atoms with Crippen LogP contribution >= 0.6 is 0 Å². The molecule has 0 aromatic heterocycles. The van der Waals surface area contributed by atoms with Gasteiger partial charge in [0.25, 0.3) is 0 Å². The summed E-state index contributed by atoms with van der Waals surface area (Å²) >= 11 is 0. The second kappa shape index (κ2) is 8.91. The van der Waals surface area contributed by atoms with Crippen molar-refractivity contribution in [3.05, 3.63) is 0 Å². The topological polar surface area (TPSA) is 131 Å². The van der Waals surface area contributed by atoms with Gasteiger partial charge in [0.2, 0.25) is 0 Å². The Morgan fingerprint density at radius 3 is 2.43 bits per heavy atom. The van der Waals surface area contributed by atoms with Crippen molar-refractivity contribution in [1.29, 1.82) is 0 Å². The van der Waals surface area contributed by atoms with Crippen LogP contribution in [0.1, 0.15) is 78.6 Å². The van der Waals surface area contributed by atoms with Gasteiger partial charge in [0.15, 0.2) is 6.29 Å². The van der Waals surface area contributed by atoms with Gasteiger partial charge in [0.05, 0.1) is 18.1 Å². The molecule has 8 nitrogen and oxygen atoms in total. The van der Waals surface area contributed by atoms with Gasteiger partial charge in [-0.1, -0.05) is 13.8 Å². The lowest BCUT2D eigenvalue weighted by atomic mass is 9.42. The van der Waals surface area contributed by atoms with Crippen LogP contribution < -0.4 is 5.73 Å². The summed E-state index contributed by atoms with van der Waals surface area (Å²) in [6.07, 6.45) is 4.49. The molecule has 13 atom stereocenters. The first-order valence-corrected chi connectivity index (χ1v) is 13.7. The lowest BCUT2D eigenvalue weighted by Crippen LogP contribution is -2.67. The lowest BCUT2D eigenvalue weighted by molar-refractivity contribution is -0.312. The lowest BCUT2D eigenvalue weighted by Gasteiger charge is -2.64. The van der Waals surface area contributed by atoms with Gasteiger partial charge in [-0.15, -0.1) is 0 Å². The number of carbonyl (C=O) groups is 1. The molecule has 8 heteroatoms. The van der Waals surface area contributed by atoms with E-state index in [1.165, 1.54) is 7.11 Å². The van der Waals surface area contributed by atoms with Gasteiger partial charge >= 0.3 is 5.97 Å². The van der Waals surface area contributed by atoms with Crippen LogP contribution in [0.25, 0.3) is 0 Å². The predicted molar refractivity (Wildman–Crippen MR) is 128 cm³/mol. The molecule has 0 spiro atoms. The molecule has 0 aromatic carbocycles. The van der Waals surface area contributed by atoms with Gasteiger partial charge in [-0.05, 0) is 93.3 Å². The van der Waals surface area contributed by atoms with E-state index in [0.29, 0.717) is 24.2 Å². The summed E-state index contributed by atoms with van der Waals surface area (Å²) in [4.78, 5) is 12.0. The third-order valence-corrected chi connectivity index (χ3v) is 11.6. The number of nitrogens with two attached hydrogens (primary N) is 1. The first kappa shape index (κ1) is 25.9. The van der Waals surface area contributed by atoms with Crippen LogP contribution in [0.2, 0.25) is 0 Å². The van der Waals surface area contributed by atoms with E-state index in [1.807, 2.05) is 0 Å². The summed E-state index contributed by atoms with van der Waals surface area (Å²) in [6.45, 7) is 6.36. The van der Waals surface area contributed by atoms with Crippen molar-refractivity contribution < 1.29 is 34.3 Å². The minimum atomic E-state index is -1.03. The fraction of sp³-hybridized carbons (Fsp3) is 0.963. The smallest absolute Gasteiger partial charge is 0.307 e. The Balaban J connectivity index is 1.29. The molecule has 0 amide bonds. The number of rotatable bonds is 4. The average molecular weight is 496 g/mol. The van der Waals surface area contributed by atoms with E-state index in [4.69, 9.17) is 19.9 Å². The van der Waals surface area contributed by atoms with Crippen LogP contribution in [-0.2, 0) is 19.0 Å². The van der Waals surface area contributed by atoms with Crippen molar-refractivity contribution in [3.63, 3.8) is 0 Å². The number of aliphatic hydroxyl groups is 2. The average Bonchev–Trinajstić information content (AvgIpc) is 3.09. The first-order chi connectivity index (χ1) is 16.5. The van der Waals surface area contributed by atoms with Gasteiger partial charge in [0, 0.05) is 12.6 Å². The normalized spacial score (nSPS) is 56.1. The number of hydrogen-bond donors (Lipinski definition) is 4. The summed E-state index contributed by atoms with van der Waals surface area (Å²) in [5.41, 5.74) is 6.66. The van der Waals surface area contributed by atoms with E-state index in [1.54, 1.807) is 6.92 Å². The molecule has 35 heavy (non-hydrogen) atoms. The first-order valence-electron chi connectivity index (χ1n) is 13.7. The standard InChI is InChI=1S/C27H45NO7/c1-14-20(29)22(33-4)21(30)24(34-14)35-16-7-10-25(2)15(13-16)5-6-18-17(25)8-11-26(3)19(23(31)32)9-12-27(18,26)28/h14-22,24,29-30H,5-13,28H2,1-4H3,(H,31,32)/t14-,15+,16-,17-,18+,19+,20-,21+,22+,24-,25-,26+,27-/m0/s1. The van der Waals surface area contributed by atoms with E-state index < -0.39 is 42.2 Å². The van der Waals surface area contributed by atoms with Crippen LogP contribution in [0.4, 0.5) is 0 Å². The van der Waals surface area contributed by atoms with Crippen molar-refractivity contribution in [3.8, 4) is 0 Å². The van der Waals surface area contributed by atoms with Gasteiger partial charge in [-0.2, -0.15) is 0 Å². The molecule has 1 saturated heterocycles. The van der Waals surface area contributed by atoms with E-state index in [2.05, 4.69) is 13.8 Å². The Kier molecular flexibility index (Phi) is 6.59. The Hall–Kier alpha value is -0.770. The van der Waals surface area contributed by atoms with E-state index in [9.17, 15) is 20.1 Å². The van der Waals surface area contributed by atoms with Crippen molar-refractivity contribution in [2.24, 2.45) is 40.2 Å². The molecule has 200 valence electrons. The number of methoxy groups -OCH3 is 1. The van der Waals surface area contributed by atoms with Crippen LogP contribution in [0, 0.1) is 34.5 Å². The number of hydrogen-bond acceptors (Lipinski definition) is 7. The Morgan fingerprint density at radius 2 is 1.74 bits per heavy atom. The highest BCUT2D eigenvalue weighted by atomic mass is 16.7. The second-order valence-corrected chi connectivity index (χ2v) is 12.8. The third kappa shape index (κ3) is 3.73. The molecule has 4 aliphatic carbocycles. The summed E-state index contributed by atoms with van der Waals surface area (Å²) in [5.74, 6) is 0.381. The fourth-order valence-electron chi connectivity index (χ4n) is 9.39. The summed E-state index contributed by atoms with van der Waals surface area (Å²) in [7, 11) is 1.49. The maximum atomic E-state index is 12.0. The molecule has 0 bridgehead atoms. The summed E-state index contributed by atoms with van der Waals surface area (Å²) < 4.78 is 17.5. The number of ether oxygens (including phenoxy) is 3. The molecule has 5 N–H and O–H groups in total. The Bertz CT molecular complexity index is 825. The SMILES string of the molecule is CO[C@@H]1[C@@H](O)[C@H](C)O[C@@H](O[C@H]2CC[C@@]3(C)[C@H](CC[C@@H]4[C@@H]3CC[C@]3(C)[C@@H](C(=O)O)CC[C@]43N)C2)[C@@H]1O. The monoisotopic (exact) mass is 495 g/mol. The molecule has 0 radical (unpaired) electrons. The zero-order chi connectivity index (χ0) is 25.3. The zero-order valence-electron chi connectivity index (χ0n) is 21.7. The van der Waals surface area contributed by atoms with E-state index >= 15 is 0 Å². The van der Waals surface area contributed by atoms with Gasteiger partial charge in [-0.3, -0.25) is 4.79 Å². The summed E-state index contributed by atoms with van der Waals surface area (Å²) in [5, 5.41) is 30.9. The number of aliphatic carboxylic acids is 1. The number of carboxylic acids is 1. The highest BCUT2D eigenvalue weighted by Crippen LogP contribution is 2.68.